The van der Waals surface area contributed by atoms with Crippen molar-refractivity contribution in [3.63, 3.8) is 0 Å². The van der Waals surface area contributed by atoms with E-state index in [2.05, 4.69) is 20.8 Å². The average molecular weight is 467 g/mol. The zero-order valence-electron chi connectivity index (χ0n) is 20.9. The number of aliphatic hydroxyl groups excluding tert-OH is 4. The van der Waals surface area contributed by atoms with Gasteiger partial charge in [0.2, 0.25) is 0 Å². The second kappa shape index (κ2) is 9.07. The molecular weight excluding hydrogens is 420 g/mol. The van der Waals surface area contributed by atoms with Gasteiger partial charge >= 0.3 is 5.97 Å². The molecule has 0 amide bonds. The Labute approximate surface area is 198 Å². The first kappa shape index (κ1) is 25.4. The molecule has 0 spiro atoms. The Balaban J connectivity index is 1.52. The van der Waals surface area contributed by atoms with Crippen molar-refractivity contribution in [2.24, 2.45) is 52.3 Å². The minimum Gasteiger partial charge on any atom is -0.481 e. The third-order valence-corrected chi connectivity index (χ3v) is 11.4. The van der Waals surface area contributed by atoms with Gasteiger partial charge in [-0.25, -0.2) is 0 Å². The van der Waals surface area contributed by atoms with Gasteiger partial charge in [0.1, 0.15) is 0 Å². The maximum absolute atomic E-state index is 11.6. The SMILES string of the molecule is C[C@H](CC[C@@H](O)[C@H](C)C(=O)O)[C@H]1CC[C@H]2[C@@H]3[C@H](O)C[C@@H]4C[C@H](O)CC[C@]4(C)[C@H]3C[C@H](O)[C@]12C. The predicted molar refractivity (Wildman–Crippen MR) is 125 cm³/mol. The summed E-state index contributed by atoms with van der Waals surface area (Å²) in [4.78, 5) is 11.2. The number of hydrogen-bond donors (Lipinski definition) is 5. The minimum absolute atomic E-state index is 0.0756. The van der Waals surface area contributed by atoms with Gasteiger partial charge < -0.3 is 25.5 Å². The van der Waals surface area contributed by atoms with Crippen LogP contribution in [0.3, 0.4) is 0 Å². The van der Waals surface area contributed by atoms with Crippen molar-refractivity contribution in [2.75, 3.05) is 0 Å². The number of hydrogen-bond acceptors (Lipinski definition) is 5. The second-order valence-corrected chi connectivity index (χ2v) is 12.8. The van der Waals surface area contributed by atoms with Crippen molar-refractivity contribution in [3.8, 4) is 0 Å². The van der Waals surface area contributed by atoms with E-state index in [0.717, 1.165) is 51.4 Å². The van der Waals surface area contributed by atoms with Gasteiger partial charge in [-0.2, -0.15) is 0 Å². The van der Waals surface area contributed by atoms with E-state index >= 15 is 0 Å². The number of rotatable bonds is 6. The topological polar surface area (TPSA) is 118 Å². The van der Waals surface area contributed by atoms with E-state index in [9.17, 15) is 30.3 Å². The first-order valence-electron chi connectivity index (χ1n) is 13.4. The molecule has 0 bridgehead atoms. The molecule has 190 valence electrons. The number of aliphatic carboxylic acids is 1. The highest BCUT2D eigenvalue weighted by Gasteiger charge is 2.65. The zero-order valence-corrected chi connectivity index (χ0v) is 20.9. The van der Waals surface area contributed by atoms with E-state index in [-0.39, 0.29) is 40.8 Å². The number of aliphatic hydroxyl groups is 4. The Morgan fingerprint density at radius 3 is 2.33 bits per heavy atom. The summed E-state index contributed by atoms with van der Waals surface area (Å²) < 4.78 is 0. The molecule has 0 saturated heterocycles. The van der Waals surface area contributed by atoms with E-state index in [1.165, 1.54) is 0 Å². The summed E-state index contributed by atoms with van der Waals surface area (Å²) in [5, 5.41) is 52.7. The van der Waals surface area contributed by atoms with Gasteiger partial charge in [0.05, 0.1) is 30.3 Å². The highest BCUT2D eigenvalue weighted by molar-refractivity contribution is 5.70. The number of carboxylic acids is 1. The molecule has 4 fully saturated rings. The van der Waals surface area contributed by atoms with Crippen LogP contribution in [-0.2, 0) is 4.79 Å². The summed E-state index contributed by atoms with van der Waals surface area (Å²) in [7, 11) is 0. The van der Waals surface area contributed by atoms with Crippen molar-refractivity contribution in [3.05, 3.63) is 0 Å². The van der Waals surface area contributed by atoms with Gasteiger partial charge in [-0.05, 0) is 111 Å². The molecule has 0 aromatic heterocycles. The maximum atomic E-state index is 11.6. The molecule has 13 atom stereocenters. The zero-order chi connectivity index (χ0) is 24.3. The van der Waals surface area contributed by atoms with Crippen molar-refractivity contribution in [1.82, 2.24) is 0 Å². The lowest BCUT2D eigenvalue weighted by atomic mass is 9.43. The smallest absolute Gasteiger partial charge is 0.308 e. The van der Waals surface area contributed by atoms with Crippen molar-refractivity contribution in [1.29, 1.82) is 0 Å². The molecule has 0 heterocycles. The molecule has 4 saturated carbocycles. The molecule has 33 heavy (non-hydrogen) atoms. The third-order valence-electron chi connectivity index (χ3n) is 11.4. The molecule has 4 rings (SSSR count). The van der Waals surface area contributed by atoms with Gasteiger partial charge in [-0.15, -0.1) is 0 Å². The van der Waals surface area contributed by atoms with E-state index in [1.54, 1.807) is 6.92 Å². The molecule has 0 aromatic carbocycles. The van der Waals surface area contributed by atoms with E-state index in [0.29, 0.717) is 24.2 Å². The van der Waals surface area contributed by atoms with Crippen LogP contribution in [0.1, 0.15) is 85.5 Å². The largest absolute Gasteiger partial charge is 0.481 e. The van der Waals surface area contributed by atoms with Gasteiger partial charge in [0.25, 0.3) is 0 Å². The van der Waals surface area contributed by atoms with Crippen molar-refractivity contribution >= 4 is 5.97 Å². The average Bonchev–Trinajstić information content (AvgIpc) is 3.11. The van der Waals surface area contributed by atoms with Gasteiger partial charge in [-0.3, -0.25) is 4.79 Å². The molecule has 4 aliphatic carbocycles. The quantitative estimate of drug-likeness (QED) is 0.409. The fourth-order valence-electron chi connectivity index (χ4n) is 9.18. The highest BCUT2D eigenvalue weighted by Crippen LogP contribution is 2.68. The van der Waals surface area contributed by atoms with E-state index in [1.807, 2.05) is 0 Å². The van der Waals surface area contributed by atoms with Crippen LogP contribution in [-0.4, -0.2) is 55.9 Å². The summed E-state index contributed by atoms with van der Waals surface area (Å²) in [6.45, 7) is 8.32. The lowest BCUT2D eigenvalue weighted by Gasteiger charge is -2.63. The molecule has 6 nitrogen and oxygen atoms in total. The fourth-order valence-corrected chi connectivity index (χ4v) is 9.18. The Hall–Kier alpha value is -0.690. The molecule has 4 aliphatic rings. The highest BCUT2D eigenvalue weighted by atomic mass is 16.4. The summed E-state index contributed by atoms with van der Waals surface area (Å²) in [6.07, 6.45) is 5.36. The molecule has 6 heteroatoms. The lowest BCUT2D eigenvalue weighted by molar-refractivity contribution is -0.207. The number of carbonyl (C=O) groups is 1. The van der Waals surface area contributed by atoms with Gasteiger partial charge in [0.15, 0.2) is 0 Å². The number of carboxylic acid groups (broad SMARTS) is 1. The first-order valence-corrected chi connectivity index (χ1v) is 13.4. The molecule has 5 N–H and O–H groups in total. The van der Waals surface area contributed by atoms with Gasteiger partial charge in [-0.1, -0.05) is 20.8 Å². The third kappa shape index (κ3) is 4.07. The second-order valence-electron chi connectivity index (χ2n) is 12.8. The summed E-state index contributed by atoms with van der Waals surface area (Å²) >= 11 is 0. The fraction of sp³-hybridized carbons (Fsp3) is 0.963. The molecule has 0 aromatic rings. The summed E-state index contributed by atoms with van der Waals surface area (Å²) in [6, 6.07) is 0. The minimum atomic E-state index is -0.967. The van der Waals surface area contributed by atoms with E-state index in [4.69, 9.17) is 0 Å². The van der Waals surface area contributed by atoms with Crippen LogP contribution >= 0.6 is 0 Å². The molecule has 0 radical (unpaired) electrons. The number of fused-ring (bicyclic) bond motifs is 5. The van der Waals surface area contributed by atoms with Crippen LogP contribution in [0.5, 0.6) is 0 Å². The predicted octanol–water partition coefficient (Wildman–Crippen LogP) is 3.45. The lowest BCUT2D eigenvalue weighted by Crippen LogP contribution is -2.62. The Kier molecular flexibility index (Phi) is 6.98. The van der Waals surface area contributed by atoms with Crippen LogP contribution in [0.4, 0.5) is 0 Å². The first-order chi connectivity index (χ1) is 15.4. The van der Waals surface area contributed by atoms with Crippen LogP contribution in [0, 0.1) is 52.3 Å². The standard InChI is InChI=1S/C27H46O6/c1-14(5-8-21(29)15(2)25(32)33)18-6-7-19-24-20(13-23(31)27(18,19)4)26(3)10-9-17(28)11-16(26)12-22(24)30/h14-24,28-31H,5-13H2,1-4H3,(H,32,33)/t14-,15+,16+,17-,18-,19+,20+,21-,22-,23+,24+,26+,27-/m1/s1. The Morgan fingerprint density at radius 1 is 0.970 bits per heavy atom. The summed E-state index contributed by atoms with van der Waals surface area (Å²) in [5.74, 6) is -0.0734. The molecule has 0 unspecified atom stereocenters. The normalized spacial score (nSPS) is 49.9. The van der Waals surface area contributed by atoms with Gasteiger partial charge in [0, 0.05) is 0 Å². The molecule has 0 aliphatic heterocycles. The van der Waals surface area contributed by atoms with Crippen LogP contribution < -0.4 is 0 Å². The van der Waals surface area contributed by atoms with Crippen LogP contribution in [0.15, 0.2) is 0 Å². The Bertz CT molecular complexity index is 727. The van der Waals surface area contributed by atoms with Crippen molar-refractivity contribution in [2.45, 2.75) is 110 Å². The summed E-state index contributed by atoms with van der Waals surface area (Å²) in [5.41, 5.74) is -0.186. The van der Waals surface area contributed by atoms with Crippen LogP contribution in [0.2, 0.25) is 0 Å². The van der Waals surface area contributed by atoms with Crippen molar-refractivity contribution < 1.29 is 30.3 Å². The van der Waals surface area contributed by atoms with Crippen LogP contribution in [0.25, 0.3) is 0 Å². The monoisotopic (exact) mass is 466 g/mol. The maximum Gasteiger partial charge on any atom is 0.308 e. The van der Waals surface area contributed by atoms with E-state index < -0.39 is 24.1 Å². The molecular formula is C27H46O6. The Morgan fingerprint density at radius 2 is 1.67 bits per heavy atom.